The molecule has 1 aliphatic rings. The van der Waals surface area contributed by atoms with Crippen LogP contribution in [-0.4, -0.2) is 17.6 Å². The molecule has 0 saturated heterocycles. The molecule has 3 nitrogen and oxygen atoms in total. The summed E-state index contributed by atoms with van der Waals surface area (Å²) in [5, 5.41) is 7.90. The maximum absolute atomic E-state index is 4.69. The minimum absolute atomic E-state index is 0.671. The van der Waals surface area contributed by atoms with Crippen molar-refractivity contribution in [1.29, 1.82) is 0 Å². The van der Waals surface area contributed by atoms with E-state index in [1.165, 1.54) is 24.0 Å². The Morgan fingerprint density at radius 3 is 3.00 bits per heavy atom. The van der Waals surface area contributed by atoms with Crippen LogP contribution in [0.25, 0.3) is 0 Å². The normalized spacial score (nSPS) is 14.3. The number of hydrogen-bond acceptors (Lipinski definition) is 4. The van der Waals surface area contributed by atoms with Crippen molar-refractivity contribution in [2.45, 2.75) is 45.3 Å². The topological polar surface area (TPSA) is 28.2 Å². The lowest BCUT2D eigenvalue weighted by Gasteiger charge is -2.25. The second-order valence-electron chi connectivity index (χ2n) is 5.65. The van der Waals surface area contributed by atoms with Gasteiger partial charge in [0, 0.05) is 30.9 Å². The molecule has 3 rings (SSSR count). The molecule has 2 aromatic heterocycles. The number of hydrogen-bond donors (Lipinski definition) is 1. The quantitative estimate of drug-likeness (QED) is 0.751. The van der Waals surface area contributed by atoms with Crippen molar-refractivity contribution >= 4 is 17.2 Å². The van der Waals surface area contributed by atoms with Crippen LogP contribution in [0.2, 0.25) is 0 Å². The van der Waals surface area contributed by atoms with Gasteiger partial charge in [0.25, 0.3) is 0 Å². The van der Waals surface area contributed by atoms with Crippen molar-refractivity contribution in [3.05, 3.63) is 46.3 Å². The van der Waals surface area contributed by atoms with E-state index in [9.17, 15) is 0 Å². The highest BCUT2D eigenvalue weighted by atomic mass is 32.1. The molecule has 0 aliphatic heterocycles. The molecule has 0 aromatic carbocycles. The zero-order chi connectivity index (χ0) is 14.5. The van der Waals surface area contributed by atoms with Gasteiger partial charge in [0.05, 0.1) is 0 Å². The first kappa shape index (κ1) is 14.5. The third-order valence-corrected chi connectivity index (χ3v) is 4.53. The number of pyridine rings is 1. The van der Waals surface area contributed by atoms with E-state index >= 15 is 0 Å². The van der Waals surface area contributed by atoms with Crippen LogP contribution >= 0.6 is 11.3 Å². The smallest absolute Gasteiger partial charge is 0.133 e. The highest BCUT2D eigenvalue weighted by Crippen LogP contribution is 2.34. The fraction of sp³-hybridized carbons (Fsp3) is 0.471. The molecule has 1 aliphatic carbocycles. The molecule has 4 heteroatoms. The molecule has 2 heterocycles. The zero-order valence-electron chi connectivity index (χ0n) is 12.6. The van der Waals surface area contributed by atoms with Crippen molar-refractivity contribution in [1.82, 2.24) is 10.3 Å². The summed E-state index contributed by atoms with van der Waals surface area (Å²) in [6.45, 7) is 5.14. The van der Waals surface area contributed by atoms with E-state index in [-0.39, 0.29) is 0 Å². The maximum Gasteiger partial charge on any atom is 0.133 e. The van der Waals surface area contributed by atoms with Gasteiger partial charge in [-0.25, -0.2) is 4.98 Å². The molecule has 1 fully saturated rings. The number of anilines is 1. The Kier molecular flexibility index (Phi) is 4.88. The van der Waals surface area contributed by atoms with Crippen molar-refractivity contribution in [2.75, 3.05) is 11.4 Å². The lowest BCUT2D eigenvalue weighted by atomic mass is 10.2. The molecule has 2 aromatic rings. The molecule has 112 valence electrons. The molecule has 0 radical (unpaired) electrons. The minimum Gasteiger partial charge on any atom is -0.349 e. The van der Waals surface area contributed by atoms with Crippen molar-refractivity contribution in [3.63, 3.8) is 0 Å². The van der Waals surface area contributed by atoms with Crippen LogP contribution in [0.1, 0.15) is 37.3 Å². The third kappa shape index (κ3) is 3.83. The van der Waals surface area contributed by atoms with Crippen molar-refractivity contribution in [2.24, 2.45) is 0 Å². The second-order valence-corrected chi connectivity index (χ2v) is 6.43. The van der Waals surface area contributed by atoms with Gasteiger partial charge < -0.3 is 10.2 Å². The van der Waals surface area contributed by atoms with Crippen LogP contribution in [0.5, 0.6) is 0 Å². The van der Waals surface area contributed by atoms with E-state index in [4.69, 9.17) is 0 Å². The van der Waals surface area contributed by atoms with Crippen molar-refractivity contribution < 1.29 is 0 Å². The van der Waals surface area contributed by atoms with Crippen LogP contribution in [-0.2, 0) is 13.1 Å². The predicted octanol–water partition coefficient (Wildman–Crippen LogP) is 3.81. The summed E-state index contributed by atoms with van der Waals surface area (Å²) in [7, 11) is 0. The van der Waals surface area contributed by atoms with Gasteiger partial charge in [-0.3, -0.25) is 0 Å². The van der Waals surface area contributed by atoms with Gasteiger partial charge >= 0.3 is 0 Å². The minimum atomic E-state index is 0.671. The molecule has 0 amide bonds. The van der Waals surface area contributed by atoms with E-state index in [1.807, 2.05) is 12.3 Å². The molecule has 1 N–H and O–H groups in total. The Balaban J connectivity index is 1.78. The Morgan fingerprint density at radius 1 is 1.38 bits per heavy atom. The van der Waals surface area contributed by atoms with Gasteiger partial charge in [0.2, 0.25) is 0 Å². The Bertz CT molecular complexity index is 549. The van der Waals surface area contributed by atoms with E-state index in [0.29, 0.717) is 6.04 Å². The van der Waals surface area contributed by atoms with Gasteiger partial charge in [0.1, 0.15) is 5.82 Å². The van der Waals surface area contributed by atoms with Crippen molar-refractivity contribution in [3.8, 4) is 0 Å². The fourth-order valence-electron chi connectivity index (χ4n) is 2.57. The van der Waals surface area contributed by atoms with Crippen LogP contribution in [0.15, 0.2) is 35.2 Å². The molecule has 0 bridgehead atoms. The van der Waals surface area contributed by atoms with Gasteiger partial charge in [-0.1, -0.05) is 13.0 Å². The summed E-state index contributed by atoms with van der Waals surface area (Å²) in [6.07, 6.45) is 5.67. The lowest BCUT2D eigenvalue weighted by Crippen LogP contribution is -2.28. The number of nitrogens with one attached hydrogen (secondary N) is 1. The SMILES string of the molecule is CCCNCc1cccnc1N(Cc1ccsc1)C1CC1. The first-order chi connectivity index (χ1) is 10.4. The van der Waals surface area contributed by atoms with Crippen LogP contribution in [0, 0.1) is 0 Å². The predicted molar refractivity (Wildman–Crippen MR) is 89.8 cm³/mol. The Hall–Kier alpha value is -1.39. The average Bonchev–Trinajstić information content (AvgIpc) is 3.22. The van der Waals surface area contributed by atoms with Crippen LogP contribution in [0.4, 0.5) is 5.82 Å². The molecule has 1 saturated carbocycles. The zero-order valence-corrected chi connectivity index (χ0v) is 13.4. The highest BCUT2D eigenvalue weighted by molar-refractivity contribution is 7.07. The first-order valence-electron chi connectivity index (χ1n) is 7.81. The summed E-state index contributed by atoms with van der Waals surface area (Å²) in [5.41, 5.74) is 2.71. The van der Waals surface area contributed by atoms with Gasteiger partial charge in [-0.05, 0) is 54.3 Å². The summed E-state index contributed by atoms with van der Waals surface area (Å²) >= 11 is 1.77. The number of thiophene rings is 1. The lowest BCUT2D eigenvalue weighted by molar-refractivity contribution is 0.667. The average molecular weight is 301 g/mol. The largest absolute Gasteiger partial charge is 0.349 e. The number of aromatic nitrogens is 1. The van der Waals surface area contributed by atoms with E-state index < -0.39 is 0 Å². The third-order valence-electron chi connectivity index (χ3n) is 3.80. The molecule has 0 atom stereocenters. The molecule has 21 heavy (non-hydrogen) atoms. The standard InChI is InChI=1S/C17H23N3S/c1-2-8-18-11-15-4-3-9-19-17(15)20(16-5-6-16)12-14-7-10-21-13-14/h3-4,7,9-10,13,16,18H,2,5-6,8,11-12H2,1H3. The highest BCUT2D eigenvalue weighted by Gasteiger charge is 2.31. The summed E-state index contributed by atoms with van der Waals surface area (Å²) in [5.74, 6) is 1.16. The second kappa shape index (κ2) is 7.05. The molecular formula is C17H23N3S. The summed E-state index contributed by atoms with van der Waals surface area (Å²) < 4.78 is 0. The van der Waals surface area contributed by atoms with E-state index in [0.717, 1.165) is 31.9 Å². The Morgan fingerprint density at radius 2 is 2.29 bits per heavy atom. The van der Waals surface area contributed by atoms with E-state index in [1.54, 1.807) is 11.3 Å². The van der Waals surface area contributed by atoms with Gasteiger partial charge in [-0.2, -0.15) is 11.3 Å². The van der Waals surface area contributed by atoms with E-state index in [2.05, 4.69) is 45.0 Å². The Labute approximate surface area is 131 Å². The maximum atomic E-state index is 4.69. The molecule has 0 spiro atoms. The molecule has 0 unspecified atom stereocenters. The van der Waals surface area contributed by atoms with Gasteiger partial charge in [0.15, 0.2) is 0 Å². The summed E-state index contributed by atoms with van der Waals surface area (Å²) in [6, 6.07) is 7.14. The summed E-state index contributed by atoms with van der Waals surface area (Å²) in [4.78, 5) is 7.18. The monoisotopic (exact) mass is 301 g/mol. The van der Waals surface area contributed by atoms with Crippen LogP contribution < -0.4 is 10.2 Å². The fourth-order valence-corrected chi connectivity index (χ4v) is 3.23. The number of rotatable bonds is 8. The van der Waals surface area contributed by atoms with Gasteiger partial charge in [-0.15, -0.1) is 0 Å². The molecular weight excluding hydrogens is 278 g/mol. The number of nitrogens with zero attached hydrogens (tertiary/aromatic N) is 2. The van der Waals surface area contributed by atoms with Crippen LogP contribution in [0.3, 0.4) is 0 Å². The first-order valence-corrected chi connectivity index (χ1v) is 8.75.